The van der Waals surface area contributed by atoms with E-state index in [-0.39, 0.29) is 24.8 Å². The molecule has 8 nitrogen and oxygen atoms in total. The van der Waals surface area contributed by atoms with Gasteiger partial charge in [-0.2, -0.15) is 0 Å². The summed E-state index contributed by atoms with van der Waals surface area (Å²) in [5, 5.41) is 1.13. The number of carbonyl (C=O) groups excluding carboxylic acids is 3. The summed E-state index contributed by atoms with van der Waals surface area (Å²) in [6.45, 7) is 4.44. The molecule has 0 radical (unpaired) electrons. The number of aromatic nitrogens is 1. The molecule has 2 aromatic rings. The number of esters is 1. The molecule has 0 bridgehead atoms. The summed E-state index contributed by atoms with van der Waals surface area (Å²) >= 11 is 0. The van der Waals surface area contributed by atoms with Gasteiger partial charge in [-0.1, -0.05) is 18.2 Å². The zero-order chi connectivity index (χ0) is 20.9. The zero-order valence-corrected chi connectivity index (χ0v) is 16.9. The number of carbonyl (C=O) groups is 3. The molecule has 154 valence electrons. The van der Waals surface area contributed by atoms with Crippen molar-refractivity contribution in [1.82, 2.24) is 14.8 Å². The van der Waals surface area contributed by atoms with Crippen molar-refractivity contribution >= 4 is 28.7 Å². The molecule has 8 heteroatoms. The van der Waals surface area contributed by atoms with Gasteiger partial charge in [0.05, 0.1) is 18.8 Å². The number of aromatic amines is 1. The number of hydrogen-bond donors (Lipinski definition) is 2. The largest absolute Gasteiger partial charge is 0.467 e. The third kappa shape index (κ3) is 2.98. The van der Waals surface area contributed by atoms with Gasteiger partial charge >= 0.3 is 5.97 Å². The van der Waals surface area contributed by atoms with E-state index in [1.807, 2.05) is 32.0 Å². The fourth-order valence-electron chi connectivity index (χ4n) is 4.87. The molecule has 3 N–H and O–H groups in total. The van der Waals surface area contributed by atoms with Gasteiger partial charge in [0.1, 0.15) is 6.04 Å². The predicted molar refractivity (Wildman–Crippen MR) is 106 cm³/mol. The van der Waals surface area contributed by atoms with Crippen molar-refractivity contribution in [2.75, 3.05) is 7.11 Å². The van der Waals surface area contributed by atoms with Gasteiger partial charge in [0.2, 0.25) is 11.8 Å². The van der Waals surface area contributed by atoms with Crippen LogP contribution in [0.3, 0.4) is 0 Å². The molecule has 1 aromatic heterocycles. The van der Waals surface area contributed by atoms with E-state index in [0.29, 0.717) is 13.0 Å². The molecule has 3 heterocycles. The Morgan fingerprint density at radius 1 is 1.34 bits per heavy atom. The fraction of sp³-hybridized carbons (Fsp3) is 0.476. The molecule has 2 atom stereocenters. The van der Waals surface area contributed by atoms with Crippen LogP contribution in [0.2, 0.25) is 0 Å². The lowest BCUT2D eigenvalue weighted by Crippen LogP contribution is -2.56. The third-order valence-electron chi connectivity index (χ3n) is 6.27. The van der Waals surface area contributed by atoms with Crippen LogP contribution in [0.5, 0.6) is 0 Å². The molecule has 0 saturated carbocycles. The minimum absolute atomic E-state index is 0.00791. The number of ether oxygens (including phenoxy) is 1. The van der Waals surface area contributed by atoms with Crippen LogP contribution >= 0.6 is 0 Å². The number of rotatable bonds is 5. The first-order valence-electron chi connectivity index (χ1n) is 9.80. The van der Waals surface area contributed by atoms with E-state index in [2.05, 4.69) is 16.0 Å². The van der Waals surface area contributed by atoms with E-state index < -0.39 is 23.6 Å². The Bertz CT molecular complexity index is 996. The second kappa shape index (κ2) is 6.88. The van der Waals surface area contributed by atoms with Crippen molar-refractivity contribution in [2.24, 2.45) is 5.73 Å². The van der Waals surface area contributed by atoms with E-state index in [9.17, 15) is 14.4 Å². The van der Waals surface area contributed by atoms with Crippen LogP contribution in [0.15, 0.2) is 24.3 Å². The molecule has 1 aromatic carbocycles. The number of para-hydroxylation sites is 1. The molecule has 0 spiro atoms. The normalized spacial score (nSPS) is 21.7. The van der Waals surface area contributed by atoms with Crippen LogP contribution in [-0.2, 0) is 32.1 Å². The average Bonchev–Trinajstić information content (AvgIpc) is 3.14. The third-order valence-corrected chi connectivity index (χ3v) is 6.27. The highest BCUT2D eigenvalue weighted by molar-refractivity contribution is 5.92. The first-order valence-corrected chi connectivity index (χ1v) is 9.80. The molecule has 1 fully saturated rings. The van der Waals surface area contributed by atoms with Crippen LogP contribution in [0.25, 0.3) is 10.9 Å². The monoisotopic (exact) mass is 398 g/mol. The number of nitrogens with zero attached hydrogens (tertiary/aromatic N) is 2. The standard InChI is InChI=1S/C21H26N4O4/c1-21(2)24-11-15-13(12-6-4-5-7-14(12)23-15)10-17(24)19(27)25(21)16(20(28)29-3)8-9-18(22)26/h4-7,16-17,23H,8-11H2,1-3H3,(H2,22,26)/t16-,17-/m0/s1. The van der Waals surface area contributed by atoms with Crippen LogP contribution in [0.1, 0.15) is 37.9 Å². The maximum absolute atomic E-state index is 13.5. The smallest absolute Gasteiger partial charge is 0.328 e. The van der Waals surface area contributed by atoms with Crippen LogP contribution in [0.4, 0.5) is 0 Å². The number of benzene rings is 1. The SMILES string of the molecule is COC(=O)[C@H](CCC(N)=O)N1C(=O)[C@@H]2Cc3c([nH]c4ccccc34)CN2C1(C)C. The number of methoxy groups -OCH3 is 1. The lowest BCUT2D eigenvalue weighted by atomic mass is 9.96. The Morgan fingerprint density at radius 3 is 2.76 bits per heavy atom. The lowest BCUT2D eigenvalue weighted by Gasteiger charge is -2.42. The Balaban J connectivity index is 1.70. The van der Waals surface area contributed by atoms with Crippen molar-refractivity contribution in [3.8, 4) is 0 Å². The Hall–Kier alpha value is -2.87. The topological polar surface area (TPSA) is 109 Å². The lowest BCUT2D eigenvalue weighted by molar-refractivity contribution is -0.156. The van der Waals surface area contributed by atoms with E-state index in [1.165, 1.54) is 7.11 Å². The van der Waals surface area contributed by atoms with E-state index in [0.717, 1.165) is 22.2 Å². The van der Waals surface area contributed by atoms with Crippen LogP contribution in [-0.4, -0.2) is 57.4 Å². The Kier molecular flexibility index (Phi) is 4.61. The highest BCUT2D eigenvalue weighted by Gasteiger charge is 2.56. The second-order valence-electron chi connectivity index (χ2n) is 8.22. The Morgan fingerprint density at radius 2 is 2.07 bits per heavy atom. The van der Waals surface area contributed by atoms with Crippen molar-refractivity contribution in [2.45, 2.75) is 57.4 Å². The molecule has 2 aliphatic heterocycles. The summed E-state index contributed by atoms with van der Waals surface area (Å²) in [6, 6.07) is 6.87. The number of H-pyrrole nitrogens is 1. The van der Waals surface area contributed by atoms with Gasteiger partial charge < -0.3 is 20.4 Å². The number of fused-ring (bicyclic) bond motifs is 4. The molecule has 0 aliphatic carbocycles. The van der Waals surface area contributed by atoms with E-state index in [4.69, 9.17) is 10.5 Å². The number of nitrogens with two attached hydrogens (primary N) is 1. The first-order chi connectivity index (χ1) is 13.8. The number of primary amides is 1. The fourth-order valence-corrected chi connectivity index (χ4v) is 4.87. The molecule has 2 aliphatic rings. The summed E-state index contributed by atoms with van der Waals surface area (Å²) < 4.78 is 4.95. The second-order valence-corrected chi connectivity index (χ2v) is 8.22. The highest BCUT2D eigenvalue weighted by Crippen LogP contribution is 2.42. The maximum atomic E-state index is 13.5. The number of nitrogens with one attached hydrogen (secondary N) is 1. The predicted octanol–water partition coefficient (Wildman–Crippen LogP) is 1.28. The van der Waals surface area contributed by atoms with Gasteiger partial charge in [-0.15, -0.1) is 0 Å². The number of hydrogen-bond acceptors (Lipinski definition) is 5. The van der Waals surface area contributed by atoms with Gasteiger partial charge in [-0.05, 0) is 38.3 Å². The van der Waals surface area contributed by atoms with Crippen LogP contribution < -0.4 is 5.73 Å². The van der Waals surface area contributed by atoms with E-state index >= 15 is 0 Å². The Labute approximate surface area is 169 Å². The molecule has 1 saturated heterocycles. The van der Waals surface area contributed by atoms with Gasteiger partial charge in [-0.25, -0.2) is 4.79 Å². The van der Waals surface area contributed by atoms with Crippen molar-refractivity contribution in [1.29, 1.82) is 0 Å². The zero-order valence-electron chi connectivity index (χ0n) is 16.9. The quantitative estimate of drug-likeness (QED) is 0.738. The molecular formula is C21H26N4O4. The van der Waals surface area contributed by atoms with Crippen molar-refractivity contribution in [3.63, 3.8) is 0 Å². The summed E-state index contributed by atoms with van der Waals surface area (Å²) in [6.07, 6.45) is 0.724. The molecule has 2 amide bonds. The van der Waals surface area contributed by atoms with Crippen LogP contribution in [0, 0.1) is 0 Å². The highest BCUT2D eigenvalue weighted by atomic mass is 16.5. The maximum Gasteiger partial charge on any atom is 0.328 e. The number of amides is 2. The average molecular weight is 398 g/mol. The molecular weight excluding hydrogens is 372 g/mol. The van der Waals surface area contributed by atoms with Gasteiger partial charge in [0.15, 0.2) is 0 Å². The van der Waals surface area contributed by atoms with E-state index in [1.54, 1.807) is 4.90 Å². The first kappa shape index (κ1) is 19.4. The summed E-state index contributed by atoms with van der Waals surface area (Å²) in [5.41, 5.74) is 7.88. The van der Waals surface area contributed by atoms with Gasteiger partial charge in [0.25, 0.3) is 0 Å². The minimum Gasteiger partial charge on any atom is -0.467 e. The summed E-state index contributed by atoms with van der Waals surface area (Å²) in [7, 11) is 1.29. The molecule has 29 heavy (non-hydrogen) atoms. The molecule has 0 unspecified atom stereocenters. The molecule has 4 rings (SSSR count). The summed E-state index contributed by atoms with van der Waals surface area (Å²) in [5.74, 6) is -1.16. The summed E-state index contributed by atoms with van der Waals surface area (Å²) in [4.78, 5) is 44.5. The van der Waals surface area contributed by atoms with Crippen molar-refractivity contribution < 1.29 is 19.1 Å². The minimum atomic E-state index is -0.851. The van der Waals surface area contributed by atoms with Gasteiger partial charge in [-0.3, -0.25) is 14.5 Å². The van der Waals surface area contributed by atoms with Crippen molar-refractivity contribution in [3.05, 3.63) is 35.5 Å². The van der Waals surface area contributed by atoms with Gasteiger partial charge in [0, 0.05) is 29.6 Å².